The van der Waals surface area contributed by atoms with Crippen molar-refractivity contribution in [2.24, 2.45) is 0 Å². The summed E-state index contributed by atoms with van der Waals surface area (Å²) in [5.74, 6) is 0.204. The largest absolute Gasteiger partial charge is 0.478 e. The van der Waals surface area contributed by atoms with Gasteiger partial charge in [0.15, 0.2) is 6.10 Å². The van der Waals surface area contributed by atoms with Crippen molar-refractivity contribution in [1.82, 2.24) is 0 Å². The number of esters is 1. The van der Waals surface area contributed by atoms with Gasteiger partial charge in [0.1, 0.15) is 5.75 Å². The molecule has 4 heteroatoms. The fourth-order valence-corrected chi connectivity index (χ4v) is 1.59. The van der Waals surface area contributed by atoms with Gasteiger partial charge in [-0.3, -0.25) is 0 Å². The van der Waals surface area contributed by atoms with Crippen molar-refractivity contribution in [3.63, 3.8) is 0 Å². The maximum atomic E-state index is 11.3. The zero-order valence-corrected chi connectivity index (χ0v) is 10.4. The van der Waals surface area contributed by atoms with Crippen LogP contribution in [0.2, 0.25) is 0 Å². The summed E-state index contributed by atoms with van der Waals surface area (Å²) in [6.07, 6.45) is -0.662. The molecular formula is C13H15NO3. The van der Waals surface area contributed by atoms with Crippen molar-refractivity contribution in [3.8, 4) is 11.8 Å². The van der Waals surface area contributed by atoms with E-state index in [9.17, 15) is 4.79 Å². The van der Waals surface area contributed by atoms with Crippen LogP contribution in [0.1, 0.15) is 23.6 Å². The minimum absolute atomic E-state index is 0.423. The number of ether oxygens (including phenoxy) is 2. The molecule has 0 radical (unpaired) electrons. The van der Waals surface area contributed by atoms with Gasteiger partial charge in [-0.1, -0.05) is 0 Å². The zero-order chi connectivity index (χ0) is 13.0. The summed E-state index contributed by atoms with van der Waals surface area (Å²) in [4.78, 5) is 11.3. The van der Waals surface area contributed by atoms with E-state index in [0.29, 0.717) is 11.3 Å². The molecule has 1 rings (SSSR count). The Labute approximate surface area is 101 Å². The van der Waals surface area contributed by atoms with Gasteiger partial charge in [0.2, 0.25) is 0 Å². The molecule has 0 aliphatic heterocycles. The van der Waals surface area contributed by atoms with E-state index in [1.165, 1.54) is 7.11 Å². The molecule has 0 bridgehead atoms. The Morgan fingerprint density at radius 3 is 2.29 bits per heavy atom. The van der Waals surface area contributed by atoms with Gasteiger partial charge in [0.05, 0.1) is 18.7 Å². The Balaban J connectivity index is 3.00. The zero-order valence-electron chi connectivity index (χ0n) is 10.4. The van der Waals surface area contributed by atoms with Crippen LogP contribution in [0.3, 0.4) is 0 Å². The number of rotatable bonds is 3. The minimum atomic E-state index is -0.662. The predicted molar refractivity (Wildman–Crippen MR) is 62.7 cm³/mol. The van der Waals surface area contributed by atoms with Crippen LogP contribution in [-0.2, 0) is 9.53 Å². The van der Waals surface area contributed by atoms with Gasteiger partial charge in [-0.15, -0.1) is 0 Å². The van der Waals surface area contributed by atoms with Crippen LogP contribution in [-0.4, -0.2) is 19.2 Å². The normalized spacial score (nSPS) is 11.5. The molecule has 0 saturated carbocycles. The Bertz CT molecular complexity index is 451. The Kier molecular flexibility index (Phi) is 4.11. The van der Waals surface area contributed by atoms with E-state index in [-0.39, 0.29) is 0 Å². The smallest absolute Gasteiger partial charge is 0.346 e. The molecule has 4 nitrogen and oxygen atoms in total. The van der Waals surface area contributed by atoms with Crippen LogP contribution in [0.4, 0.5) is 0 Å². The van der Waals surface area contributed by atoms with Gasteiger partial charge >= 0.3 is 5.97 Å². The van der Waals surface area contributed by atoms with Crippen LogP contribution in [0.25, 0.3) is 0 Å². The first-order chi connectivity index (χ1) is 7.99. The Morgan fingerprint density at radius 1 is 1.35 bits per heavy atom. The third-order valence-corrected chi connectivity index (χ3v) is 2.42. The third kappa shape index (κ3) is 2.97. The highest BCUT2D eigenvalue weighted by Gasteiger charge is 2.17. The average molecular weight is 233 g/mol. The predicted octanol–water partition coefficient (Wildman–Crippen LogP) is 2.12. The van der Waals surface area contributed by atoms with E-state index < -0.39 is 12.1 Å². The topological polar surface area (TPSA) is 59.3 Å². The lowest BCUT2D eigenvalue weighted by atomic mass is 10.1. The fourth-order valence-electron chi connectivity index (χ4n) is 1.59. The van der Waals surface area contributed by atoms with E-state index in [1.807, 2.05) is 13.8 Å². The number of carbonyl (C=O) groups is 1. The number of nitriles is 1. The quantitative estimate of drug-likeness (QED) is 0.750. The van der Waals surface area contributed by atoms with Crippen molar-refractivity contribution < 1.29 is 14.3 Å². The number of carbonyl (C=O) groups excluding carboxylic acids is 1. The van der Waals surface area contributed by atoms with Crippen molar-refractivity contribution >= 4 is 5.97 Å². The third-order valence-electron chi connectivity index (χ3n) is 2.42. The lowest BCUT2D eigenvalue weighted by molar-refractivity contribution is -0.147. The van der Waals surface area contributed by atoms with Crippen LogP contribution in [0.15, 0.2) is 12.1 Å². The summed E-state index contributed by atoms with van der Waals surface area (Å²) < 4.78 is 10.1. The molecule has 0 amide bonds. The molecule has 1 atom stereocenters. The summed E-state index contributed by atoms with van der Waals surface area (Å²) in [5, 5.41) is 8.82. The maximum absolute atomic E-state index is 11.3. The summed E-state index contributed by atoms with van der Waals surface area (Å²) in [6, 6.07) is 5.53. The number of aryl methyl sites for hydroxylation is 2. The van der Waals surface area contributed by atoms with E-state index >= 15 is 0 Å². The number of hydrogen-bond donors (Lipinski definition) is 0. The highest BCUT2D eigenvalue weighted by Crippen LogP contribution is 2.25. The molecule has 0 aliphatic carbocycles. The van der Waals surface area contributed by atoms with Crippen LogP contribution >= 0.6 is 0 Å². The second-order valence-electron chi connectivity index (χ2n) is 3.83. The number of hydrogen-bond acceptors (Lipinski definition) is 4. The van der Waals surface area contributed by atoms with Gasteiger partial charge in [0, 0.05) is 0 Å². The molecular weight excluding hydrogens is 218 g/mol. The van der Waals surface area contributed by atoms with E-state index in [2.05, 4.69) is 10.8 Å². The minimum Gasteiger partial charge on any atom is -0.478 e. The maximum Gasteiger partial charge on any atom is 0.346 e. The highest BCUT2D eigenvalue weighted by atomic mass is 16.6. The van der Waals surface area contributed by atoms with Crippen molar-refractivity contribution in [3.05, 3.63) is 28.8 Å². The Hall–Kier alpha value is -2.02. The van der Waals surface area contributed by atoms with Crippen molar-refractivity contribution in [1.29, 1.82) is 5.26 Å². The van der Waals surface area contributed by atoms with Gasteiger partial charge in [-0.25, -0.2) is 4.79 Å². The lowest BCUT2D eigenvalue weighted by Crippen LogP contribution is -2.25. The van der Waals surface area contributed by atoms with Crippen molar-refractivity contribution in [2.75, 3.05) is 7.11 Å². The molecule has 1 unspecified atom stereocenters. The van der Waals surface area contributed by atoms with Crippen molar-refractivity contribution in [2.45, 2.75) is 26.9 Å². The number of nitrogens with zero attached hydrogens (tertiary/aromatic N) is 1. The van der Waals surface area contributed by atoms with E-state index in [0.717, 1.165) is 11.1 Å². The lowest BCUT2D eigenvalue weighted by Gasteiger charge is -2.16. The van der Waals surface area contributed by atoms with E-state index in [4.69, 9.17) is 10.00 Å². The fraction of sp³-hybridized carbons (Fsp3) is 0.385. The van der Waals surface area contributed by atoms with Gasteiger partial charge in [0.25, 0.3) is 0 Å². The summed E-state index contributed by atoms with van der Waals surface area (Å²) >= 11 is 0. The molecule has 0 saturated heterocycles. The monoisotopic (exact) mass is 233 g/mol. The molecule has 1 aromatic carbocycles. The molecule has 0 spiro atoms. The van der Waals surface area contributed by atoms with Gasteiger partial charge in [-0.2, -0.15) is 5.26 Å². The molecule has 17 heavy (non-hydrogen) atoms. The summed E-state index contributed by atoms with van der Waals surface area (Å²) in [6.45, 7) is 5.31. The molecule has 1 aromatic rings. The molecule has 0 N–H and O–H groups in total. The van der Waals surface area contributed by atoms with Crippen LogP contribution < -0.4 is 4.74 Å². The number of benzene rings is 1. The molecule has 90 valence electrons. The van der Waals surface area contributed by atoms with Gasteiger partial charge < -0.3 is 9.47 Å². The first-order valence-corrected chi connectivity index (χ1v) is 5.25. The average Bonchev–Trinajstić information content (AvgIpc) is 2.31. The SMILES string of the molecule is COC(=O)C(C)Oc1c(C)cc(C#N)cc1C. The molecule has 0 fully saturated rings. The van der Waals surface area contributed by atoms with Gasteiger partial charge in [-0.05, 0) is 44.0 Å². The standard InChI is InChI=1S/C13H15NO3/c1-8-5-11(7-14)6-9(2)12(8)17-10(3)13(15)16-4/h5-6,10H,1-4H3. The number of methoxy groups -OCH3 is 1. The van der Waals surface area contributed by atoms with Crippen LogP contribution in [0.5, 0.6) is 5.75 Å². The second-order valence-corrected chi connectivity index (χ2v) is 3.83. The summed E-state index contributed by atoms with van der Waals surface area (Å²) in [5.41, 5.74) is 2.24. The highest BCUT2D eigenvalue weighted by molar-refractivity contribution is 5.74. The van der Waals surface area contributed by atoms with E-state index in [1.54, 1.807) is 19.1 Å². The molecule has 0 aliphatic rings. The first-order valence-electron chi connectivity index (χ1n) is 5.25. The molecule has 0 heterocycles. The first kappa shape index (κ1) is 13.0. The van der Waals surface area contributed by atoms with Crippen LogP contribution in [0, 0.1) is 25.2 Å². The Morgan fingerprint density at radius 2 is 1.88 bits per heavy atom. The molecule has 0 aromatic heterocycles. The summed E-state index contributed by atoms with van der Waals surface area (Å²) in [7, 11) is 1.32. The second kappa shape index (κ2) is 5.35.